The van der Waals surface area contributed by atoms with E-state index in [2.05, 4.69) is 0 Å². The van der Waals surface area contributed by atoms with E-state index in [0.717, 1.165) is 5.56 Å². The summed E-state index contributed by atoms with van der Waals surface area (Å²) in [5.41, 5.74) is -0.352. The molecule has 132 valence electrons. The maximum atomic E-state index is 12.5. The van der Waals surface area contributed by atoms with Crippen LogP contribution in [-0.4, -0.2) is 46.2 Å². The fourth-order valence-corrected chi connectivity index (χ4v) is 3.63. The molecule has 0 bridgehead atoms. The molecule has 5 nitrogen and oxygen atoms in total. The summed E-state index contributed by atoms with van der Waals surface area (Å²) in [6.07, 6.45) is 1.18. The topological polar surface area (TPSA) is 77.8 Å². The molecule has 0 aromatic heterocycles. The average Bonchev–Trinajstić information content (AvgIpc) is 2.56. The summed E-state index contributed by atoms with van der Waals surface area (Å²) >= 11 is 6.11. The molecule has 1 amide bonds. The van der Waals surface area contributed by atoms with Gasteiger partial charge in [0.1, 0.15) is 5.41 Å². The van der Waals surface area contributed by atoms with Crippen molar-refractivity contribution in [2.24, 2.45) is 5.41 Å². The third kappa shape index (κ3) is 3.90. The van der Waals surface area contributed by atoms with Crippen LogP contribution in [0, 0.1) is 5.41 Å². The lowest BCUT2D eigenvalue weighted by atomic mass is 9.74. The number of aliphatic carboxylic acids is 1. The van der Waals surface area contributed by atoms with Crippen molar-refractivity contribution in [2.45, 2.75) is 45.1 Å². The van der Waals surface area contributed by atoms with Crippen LogP contribution in [0.3, 0.4) is 0 Å². The zero-order valence-corrected chi connectivity index (χ0v) is 14.6. The molecule has 1 aliphatic rings. The van der Waals surface area contributed by atoms with E-state index in [-0.39, 0.29) is 18.9 Å². The molecule has 1 aromatic carbocycles. The van der Waals surface area contributed by atoms with Crippen LogP contribution in [-0.2, 0) is 16.0 Å². The van der Waals surface area contributed by atoms with Gasteiger partial charge in [0.25, 0.3) is 0 Å². The summed E-state index contributed by atoms with van der Waals surface area (Å²) in [7, 11) is 0. The highest BCUT2D eigenvalue weighted by Crippen LogP contribution is 2.35. The number of halogens is 1. The number of carboxylic acids is 1. The number of carbonyl (C=O) groups excluding carboxylic acids is 1. The number of aliphatic hydroxyl groups is 1. The highest BCUT2D eigenvalue weighted by atomic mass is 35.5. The predicted octanol–water partition coefficient (Wildman–Crippen LogP) is 2.74. The van der Waals surface area contributed by atoms with Gasteiger partial charge in [-0.3, -0.25) is 9.59 Å². The molecule has 1 heterocycles. The van der Waals surface area contributed by atoms with E-state index >= 15 is 0 Å². The molecule has 0 saturated carbocycles. The van der Waals surface area contributed by atoms with Crippen molar-refractivity contribution in [1.29, 1.82) is 0 Å². The van der Waals surface area contributed by atoms with E-state index in [1.54, 1.807) is 11.0 Å². The second-order valence-electron chi connectivity index (χ2n) is 6.42. The molecule has 6 heteroatoms. The van der Waals surface area contributed by atoms with Crippen molar-refractivity contribution >= 4 is 23.5 Å². The van der Waals surface area contributed by atoms with E-state index in [1.165, 1.54) is 0 Å². The Bertz CT molecular complexity index is 606. The standard InChI is InChI=1S/C18H24ClNO4/c1-2-10-18(17(23)24)12-20(11-9-15(18)21)16(22)8-7-13-5-3-4-6-14(13)19/h3-6,15,21H,2,7-12H2,1H3,(H,23,24)/t15-,18-/m1/s1. The first-order chi connectivity index (χ1) is 11.4. The number of likely N-dealkylation sites (tertiary alicyclic amines) is 1. The maximum Gasteiger partial charge on any atom is 0.314 e. The van der Waals surface area contributed by atoms with Crippen LogP contribution in [0.4, 0.5) is 0 Å². The molecule has 24 heavy (non-hydrogen) atoms. The van der Waals surface area contributed by atoms with Gasteiger partial charge >= 0.3 is 5.97 Å². The Kier molecular flexibility index (Phi) is 6.24. The van der Waals surface area contributed by atoms with Crippen molar-refractivity contribution in [3.63, 3.8) is 0 Å². The number of hydrogen-bond acceptors (Lipinski definition) is 3. The fraction of sp³-hybridized carbons (Fsp3) is 0.556. The number of aryl methyl sites for hydroxylation is 1. The summed E-state index contributed by atoms with van der Waals surface area (Å²) in [6.45, 7) is 2.34. The van der Waals surface area contributed by atoms with E-state index in [0.29, 0.717) is 37.3 Å². The van der Waals surface area contributed by atoms with Crippen LogP contribution in [0.2, 0.25) is 5.02 Å². The van der Waals surface area contributed by atoms with Gasteiger partial charge < -0.3 is 15.1 Å². The maximum absolute atomic E-state index is 12.5. The number of piperidine rings is 1. The van der Waals surface area contributed by atoms with Crippen LogP contribution in [0.5, 0.6) is 0 Å². The molecule has 0 aliphatic carbocycles. The summed E-state index contributed by atoms with van der Waals surface area (Å²) in [5, 5.41) is 20.5. The van der Waals surface area contributed by atoms with Crippen molar-refractivity contribution in [1.82, 2.24) is 4.90 Å². The molecule has 1 aromatic rings. The summed E-state index contributed by atoms with van der Waals surface area (Å²) < 4.78 is 0. The zero-order valence-electron chi connectivity index (χ0n) is 13.9. The van der Waals surface area contributed by atoms with E-state index in [1.807, 2.05) is 25.1 Å². The van der Waals surface area contributed by atoms with Gasteiger partial charge in [0.15, 0.2) is 0 Å². The van der Waals surface area contributed by atoms with Crippen LogP contribution in [0.1, 0.15) is 38.2 Å². The smallest absolute Gasteiger partial charge is 0.314 e. The Morgan fingerprint density at radius 3 is 2.71 bits per heavy atom. The first kappa shape index (κ1) is 18.7. The SMILES string of the molecule is CCC[C@@]1(C(=O)O)CN(C(=O)CCc2ccccc2Cl)CC[C@H]1O. The second-order valence-corrected chi connectivity index (χ2v) is 6.83. The first-order valence-corrected chi connectivity index (χ1v) is 8.71. The molecule has 1 fully saturated rings. The Hall–Kier alpha value is -1.59. The minimum absolute atomic E-state index is 0.0681. The number of hydrogen-bond donors (Lipinski definition) is 2. The molecule has 0 unspecified atom stereocenters. The summed E-state index contributed by atoms with van der Waals surface area (Å²) in [5.74, 6) is -1.12. The number of amides is 1. The minimum atomic E-state index is -1.26. The van der Waals surface area contributed by atoms with Gasteiger partial charge in [0, 0.05) is 24.5 Å². The first-order valence-electron chi connectivity index (χ1n) is 8.33. The highest BCUT2D eigenvalue weighted by molar-refractivity contribution is 6.31. The Balaban J connectivity index is 2.04. The van der Waals surface area contributed by atoms with Crippen molar-refractivity contribution < 1.29 is 19.8 Å². The van der Waals surface area contributed by atoms with Crippen molar-refractivity contribution in [3.05, 3.63) is 34.9 Å². The fourth-order valence-electron chi connectivity index (χ4n) is 3.40. The minimum Gasteiger partial charge on any atom is -0.481 e. The van der Waals surface area contributed by atoms with Crippen LogP contribution in [0.15, 0.2) is 24.3 Å². The molecule has 2 atom stereocenters. The number of benzene rings is 1. The molecule has 1 aliphatic heterocycles. The predicted molar refractivity (Wildman–Crippen MR) is 92.0 cm³/mol. The van der Waals surface area contributed by atoms with E-state index in [9.17, 15) is 19.8 Å². The number of aliphatic hydroxyl groups excluding tert-OH is 1. The highest BCUT2D eigenvalue weighted by Gasteiger charge is 2.49. The van der Waals surface area contributed by atoms with Gasteiger partial charge in [-0.2, -0.15) is 0 Å². The van der Waals surface area contributed by atoms with Crippen LogP contribution in [0.25, 0.3) is 0 Å². The third-order valence-electron chi connectivity index (χ3n) is 4.82. The van der Waals surface area contributed by atoms with Gasteiger partial charge in [-0.1, -0.05) is 43.1 Å². The molecule has 0 radical (unpaired) electrons. The molecular weight excluding hydrogens is 330 g/mol. The lowest BCUT2D eigenvalue weighted by Crippen LogP contribution is -2.57. The lowest BCUT2D eigenvalue weighted by molar-refractivity contribution is -0.166. The average molecular weight is 354 g/mol. The molecule has 2 N–H and O–H groups in total. The largest absolute Gasteiger partial charge is 0.481 e. The van der Waals surface area contributed by atoms with E-state index < -0.39 is 17.5 Å². The van der Waals surface area contributed by atoms with E-state index in [4.69, 9.17) is 11.6 Å². The number of carbonyl (C=O) groups is 2. The Morgan fingerprint density at radius 2 is 2.08 bits per heavy atom. The van der Waals surface area contributed by atoms with Gasteiger partial charge in [-0.15, -0.1) is 0 Å². The third-order valence-corrected chi connectivity index (χ3v) is 5.19. The van der Waals surface area contributed by atoms with Crippen LogP contribution >= 0.6 is 11.6 Å². The quantitative estimate of drug-likeness (QED) is 0.824. The molecule has 1 saturated heterocycles. The molecule has 2 rings (SSSR count). The Morgan fingerprint density at radius 1 is 1.38 bits per heavy atom. The normalized spacial score (nSPS) is 24.0. The second kappa shape index (κ2) is 7.99. The van der Waals surface area contributed by atoms with Gasteiger partial charge in [0.05, 0.1) is 6.10 Å². The molecular formula is C18H24ClNO4. The van der Waals surface area contributed by atoms with Crippen molar-refractivity contribution in [2.75, 3.05) is 13.1 Å². The lowest BCUT2D eigenvalue weighted by Gasteiger charge is -2.43. The zero-order chi connectivity index (χ0) is 17.7. The van der Waals surface area contributed by atoms with Gasteiger partial charge in [-0.05, 0) is 30.9 Å². The Labute approximate surface area is 147 Å². The van der Waals surface area contributed by atoms with Crippen LogP contribution < -0.4 is 0 Å². The number of carboxylic acid groups (broad SMARTS) is 1. The number of nitrogens with zero attached hydrogens (tertiary/aromatic N) is 1. The monoisotopic (exact) mass is 353 g/mol. The number of rotatable bonds is 6. The summed E-state index contributed by atoms with van der Waals surface area (Å²) in [4.78, 5) is 25.8. The molecule has 0 spiro atoms. The van der Waals surface area contributed by atoms with Gasteiger partial charge in [0.2, 0.25) is 5.91 Å². The van der Waals surface area contributed by atoms with Gasteiger partial charge in [-0.25, -0.2) is 0 Å². The van der Waals surface area contributed by atoms with Crippen molar-refractivity contribution in [3.8, 4) is 0 Å². The summed E-state index contributed by atoms with van der Waals surface area (Å²) in [6, 6.07) is 7.38.